The Morgan fingerprint density at radius 2 is 1.75 bits per heavy atom. The Hall–Kier alpha value is -3.95. The van der Waals surface area contributed by atoms with Crippen molar-refractivity contribution in [3.8, 4) is 5.75 Å². The van der Waals surface area contributed by atoms with E-state index in [2.05, 4.69) is 10.6 Å². The number of rotatable bonds is 7. The summed E-state index contributed by atoms with van der Waals surface area (Å²) in [6.07, 6.45) is 0. The third kappa shape index (κ3) is 5.53. The molecule has 28 heavy (non-hydrogen) atoms. The number of carbonyl (C=O) groups excluding carboxylic acids is 3. The van der Waals surface area contributed by atoms with Gasteiger partial charge in [0.05, 0.1) is 17.6 Å². The molecule has 10 heteroatoms. The smallest absolute Gasteiger partial charge is 0.338 e. The van der Waals surface area contributed by atoms with Gasteiger partial charge in [-0.05, 0) is 30.3 Å². The lowest BCUT2D eigenvalue weighted by Gasteiger charge is -2.09. The monoisotopic (exact) mass is 387 g/mol. The summed E-state index contributed by atoms with van der Waals surface area (Å²) in [6.45, 7) is 0.716. The van der Waals surface area contributed by atoms with Gasteiger partial charge in [0, 0.05) is 24.7 Å². The third-order valence-corrected chi connectivity index (χ3v) is 3.45. The summed E-state index contributed by atoms with van der Waals surface area (Å²) in [6, 6.07) is 9.75. The average molecular weight is 387 g/mol. The van der Waals surface area contributed by atoms with Crippen molar-refractivity contribution in [3.63, 3.8) is 0 Å². The lowest BCUT2D eigenvalue weighted by Crippen LogP contribution is -2.21. The number of hydrogen-bond acceptors (Lipinski definition) is 7. The first kappa shape index (κ1) is 20.4. The zero-order chi connectivity index (χ0) is 20.7. The van der Waals surface area contributed by atoms with Gasteiger partial charge in [-0.2, -0.15) is 0 Å². The fourth-order valence-corrected chi connectivity index (χ4v) is 2.20. The van der Waals surface area contributed by atoms with Gasteiger partial charge in [-0.25, -0.2) is 4.79 Å². The molecule has 0 aliphatic heterocycles. The summed E-state index contributed by atoms with van der Waals surface area (Å²) in [7, 11) is 1.38. The number of amides is 2. The van der Waals surface area contributed by atoms with E-state index in [0.29, 0.717) is 11.4 Å². The van der Waals surface area contributed by atoms with Gasteiger partial charge in [-0.15, -0.1) is 0 Å². The fourth-order valence-electron chi connectivity index (χ4n) is 2.20. The second-order valence-corrected chi connectivity index (χ2v) is 5.52. The lowest BCUT2D eigenvalue weighted by molar-refractivity contribution is -0.383. The van der Waals surface area contributed by atoms with E-state index in [0.717, 1.165) is 0 Å². The largest absolute Gasteiger partial charge is 0.497 e. The summed E-state index contributed by atoms with van der Waals surface area (Å²) in [5.41, 5.74) is 0.278. The molecule has 0 heterocycles. The number of benzene rings is 2. The molecule has 0 bridgehead atoms. The molecule has 0 fully saturated rings. The number of nitro groups is 1. The highest BCUT2D eigenvalue weighted by molar-refractivity contribution is 5.97. The van der Waals surface area contributed by atoms with Crippen LogP contribution in [0.3, 0.4) is 0 Å². The highest BCUT2D eigenvalue weighted by atomic mass is 16.6. The van der Waals surface area contributed by atoms with Gasteiger partial charge in [-0.3, -0.25) is 19.7 Å². The molecular formula is C18H17N3O7. The number of nitro benzene ring substituents is 1. The van der Waals surface area contributed by atoms with Crippen LogP contribution < -0.4 is 15.4 Å². The normalized spacial score (nSPS) is 9.93. The van der Waals surface area contributed by atoms with Gasteiger partial charge in [0.25, 0.3) is 11.6 Å². The molecule has 0 aliphatic rings. The predicted molar refractivity (Wildman–Crippen MR) is 99.3 cm³/mol. The molecule has 0 unspecified atom stereocenters. The first-order chi connectivity index (χ1) is 13.3. The van der Waals surface area contributed by atoms with Crippen molar-refractivity contribution < 1.29 is 28.8 Å². The predicted octanol–water partition coefficient (Wildman–Crippen LogP) is 2.36. The third-order valence-electron chi connectivity index (χ3n) is 3.45. The zero-order valence-electron chi connectivity index (χ0n) is 15.1. The Balaban J connectivity index is 1.98. The summed E-state index contributed by atoms with van der Waals surface area (Å²) in [5, 5.41) is 15.9. The van der Waals surface area contributed by atoms with Gasteiger partial charge in [0.15, 0.2) is 6.61 Å². The highest BCUT2D eigenvalue weighted by Gasteiger charge is 2.18. The van der Waals surface area contributed by atoms with Gasteiger partial charge in [0.2, 0.25) is 5.91 Å². The van der Waals surface area contributed by atoms with Crippen LogP contribution in [-0.4, -0.2) is 36.4 Å². The van der Waals surface area contributed by atoms with Crippen LogP contribution in [0.5, 0.6) is 5.75 Å². The molecule has 2 amide bonds. The van der Waals surface area contributed by atoms with Crippen molar-refractivity contribution in [2.45, 2.75) is 6.92 Å². The quantitative estimate of drug-likeness (QED) is 0.423. The molecule has 0 saturated carbocycles. The summed E-state index contributed by atoms with van der Waals surface area (Å²) >= 11 is 0. The fraction of sp³-hybridized carbons (Fsp3) is 0.167. The molecule has 146 valence electrons. The second kappa shape index (κ2) is 9.12. The summed E-state index contributed by atoms with van der Waals surface area (Å²) in [4.78, 5) is 45.4. The molecule has 2 N–H and O–H groups in total. The Labute approximate surface area is 159 Å². The minimum atomic E-state index is -0.760. The number of nitrogens with zero attached hydrogens (tertiary/aromatic N) is 1. The van der Waals surface area contributed by atoms with E-state index in [9.17, 15) is 24.5 Å². The van der Waals surface area contributed by atoms with Crippen molar-refractivity contribution in [1.29, 1.82) is 0 Å². The van der Waals surface area contributed by atoms with Crippen molar-refractivity contribution in [3.05, 3.63) is 58.1 Å². The molecular weight excluding hydrogens is 370 g/mol. The number of esters is 1. The van der Waals surface area contributed by atoms with Crippen LogP contribution in [0.25, 0.3) is 0 Å². The van der Waals surface area contributed by atoms with Gasteiger partial charge in [0.1, 0.15) is 11.4 Å². The summed E-state index contributed by atoms with van der Waals surface area (Å²) in [5.74, 6) is -1.44. The van der Waals surface area contributed by atoms with Gasteiger partial charge in [-0.1, -0.05) is 0 Å². The van der Waals surface area contributed by atoms with Gasteiger partial charge < -0.3 is 20.1 Å². The van der Waals surface area contributed by atoms with E-state index >= 15 is 0 Å². The Kier molecular flexibility index (Phi) is 6.63. The molecule has 10 nitrogen and oxygen atoms in total. The van der Waals surface area contributed by atoms with Crippen molar-refractivity contribution in [2.24, 2.45) is 0 Å². The first-order valence-corrected chi connectivity index (χ1v) is 7.97. The van der Waals surface area contributed by atoms with E-state index in [-0.39, 0.29) is 22.8 Å². The van der Waals surface area contributed by atoms with Crippen LogP contribution in [0.1, 0.15) is 17.3 Å². The van der Waals surface area contributed by atoms with E-state index < -0.39 is 23.4 Å². The van der Waals surface area contributed by atoms with Gasteiger partial charge >= 0.3 is 5.97 Å². The van der Waals surface area contributed by atoms with Crippen LogP contribution >= 0.6 is 0 Å². The van der Waals surface area contributed by atoms with Crippen LogP contribution in [-0.2, 0) is 14.3 Å². The molecule has 0 spiro atoms. The Morgan fingerprint density at radius 3 is 2.32 bits per heavy atom. The Bertz CT molecular complexity index is 910. The average Bonchev–Trinajstić information content (AvgIpc) is 2.66. The summed E-state index contributed by atoms with van der Waals surface area (Å²) < 4.78 is 9.88. The molecule has 2 rings (SSSR count). The maximum absolute atomic E-state index is 12.0. The molecule has 0 saturated heterocycles. The molecule has 0 atom stereocenters. The Morgan fingerprint density at radius 1 is 1.07 bits per heavy atom. The minimum Gasteiger partial charge on any atom is -0.497 e. The highest BCUT2D eigenvalue weighted by Crippen LogP contribution is 2.28. The minimum absolute atomic E-state index is 0.0786. The maximum atomic E-state index is 12.0. The number of hydrogen-bond donors (Lipinski definition) is 2. The SMILES string of the molecule is COc1ccc([N+](=O)[O-])c(NC(=O)COC(=O)c2ccc(NC(C)=O)cc2)c1. The van der Waals surface area contributed by atoms with Crippen LogP contribution in [0, 0.1) is 10.1 Å². The van der Waals surface area contributed by atoms with E-state index in [1.165, 1.54) is 56.5 Å². The number of ether oxygens (including phenoxy) is 2. The first-order valence-electron chi connectivity index (χ1n) is 7.97. The topological polar surface area (TPSA) is 137 Å². The van der Waals surface area contributed by atoms with E-state index in [1.807, 2.05) is 0 Å². The van der Waals surface area contributed by atoms with Crippen molar-refractivity contribution in [1.82, 2.24) is 0 Å². The molecule has 0 radical (unpaired) electrons. The standard InChI is InChI=1S/C18H17N3O7/c1-11(22)19-13-5-3-12(4-6-13)18(24)28-10-17(23)20-15-9-14(27-2)7-8-16(15)21(25)26/h3-9H,10H2,1-2H3,(H,19,22)(H,20,23). The number of carbonyl (C=O) groups is 3. The van der Waals surface area contributed by atoms with Crippen LogP contribution in [0.15, 0.2) is 42.5 Å². The molecule has 2 aromatic carbocycles. The molecule has 0 aromatic heterocycles. The van der Waals surface area contributed by atoms with Crippen LogP contribution in [0.2, 0.25) is 0 Å². The van der Waals surface area contributed by atoms with Crippen molar-refractivity contribution in [2.75, 3.05) is 24.4 Å². The molecule has 0 aliphatic carbocycles. The zero-order valence-corrected chi connectivity index (χ0v) is 15.1. The molecule has 2 aromatic rings. The number of nitrogens with one attached hydrogen (secondary N) is 2. The van der Waals surface area contributed by atoms with E-state index in [1.54, 1.807) is 0 Å². The van der Waals surface area contributed by atoms with Crippen LogP contribution in [0.4, 0.5) is 17.1 Å². The number of methoxy groups -OCH3 is 1. The van der Waals surface area contributed by atoms with Crippen molar-refractivity contribution >= 4 is 34.8 Å². The maximum Gasteiger partial charge on any atom is 0.338 e. The lowest BCUT2D eigenvalue weighted by atomic mass is 10.2. The number of anilines is 2. The second-order valence-electron chi connectivity index (χ2n) is 5.52. The van der Waals surface area contributed by atoms with E-state index in [4.69, 9.17) is 9.47 Å².